The molecule has 6 nitrogen and oxygen atoms in total. The van der Waals surface area contributed by atoms with Crippen LogP contribution in [0.2, 0.25) is 0 Å². The summed E-state index contributed by atoms with van der Waals surface area (Å²) < 4.78 is 33.7. The van der Waals surface area contributed by atoms with Crippen LogP contribution in [0.15, 0.2) is 36.4 Å². The first-order valence-corrected chi connectivity index (χ1v) is 10.2. The van der Waals surface area contributed by atoms with Gasteiger partial charge in [-0.25, -0.2) is 13.8 Å². The average Bonchev–Trinajstić information content (AvgIpc) is 3.17. The van der Waals surface area contributed by atoms with Gasteiger partial charge in [0.1, 0.15) is 29.3 Å². The van der Waals surface area contributed by atoms with Crippen LogP contribution in [0.3, 0.4) is 0 Å². The number of nitrogens with one attached hydrogen (secondary N) is 2. The topological polar surface area (TPSA) is 82.9 Å². The Morgan fingerprint density at radius 3 is 2.87 bits per heavy atom. The monoisotopic (exact) mass is 419 g/mol. The molecule has 0 amide bonds. The zero-order chi connectivity index (χ0) is 21.4. The molecule has 1 aromatic heterocycles. The van der Waals surface area contributed by atoms with Gasteiger partial charge < -0.3 is 15.4 Å². The minimum absolute atomic E-state index is 0.271. The Bertz CT molecular complexity index is 1210. The highest BCUT2D eigenvalue weighted by molar-refractivity contribution is 5.63. The van der Waals surface area contributed by atoms with E-state index in [1.807, 2.05) is 0 Å². The predicted octanol–water partition coefficient (Wildman–Crippen LogP) is 4.64. The van der Waals surface area contributed by atoms with Crippen molar-refractivity contribution in [3.05, 3.63) is 70.4 Å². The Labute approximate surface area is 177 Å². The molecule has 2 N–H and O–H groups in total. The molecule has 1 aliphatic heterocycles. The first-order chi connectivity index (χ1) is 15.1. The molecule has 1 aliphatic carbocycles. The molecule has 0 saturated heterocycles. The van der Waals surface area contributed by atoms with Crippen molar-refractivity contribution in [2.24, 2.45) is 0 Å². The van der Waals surface area contributed by atoms with Gasteiger partial charge in [0.15, 0.2) is 0 Å². The molecule has 2 heterocycles. The van der Waals surface area contributed by atoms with E-state index in [9.17, 15) is 14.0 Å². The van der Waals surface area contributed by atoms with E-state index in [0.717, 1.165) is 17.3 Å². The maximum Gasteiger partial charge on any atom is 0.229 e. The van der Waals surface area contributed by atoms with Crippen LogP contribution in [0, 0.1) is 23.0 Å². The minimum Gasteiger partial charge on any atom is -0.492 e. The van der Waals surface area contributed by atoms with Crippen molar-refractivity contribution < 1.29 is 13.5 Å². The van der Waals surface area contributed by atoms with Crippen LogP contribution < -0.4 is 15.4 Å². The van der Waals surface area contributed by atoms with E-state index in [0.29, 0.717) is 66.7 Å². The molecule has 0 fully saturated rings. The van der Waals surface area contributed by atoms with E-state index < -0.39 is 11.6 Å². The van der Waals surface area contributed by atoms with Crippen molar-refractivity contribution >= 4 is 17.5 Å². The molecule has 5 rings (SSSR count). The number of aromatic nitrogens is 2. The van der Waals surface area contributed by atoms with Crippen LogP contribution in [0.1, 0.15) is 41.1 Å². The maximum atomic E-state index is 14.5. The van der Waals surface area contributed by atoms with E-state index in [2.05, 4.69) is 21.7 Å². The SMILES string of the molecule is N#Cc1ccc2cc1OCCCNc1nc(nc3c1CCC3c1ccc(F)cc1F)N2. The lowest BCUT2D eigenvalue weighted by Crippen LogP contribution is -2.14. The average molecular weight is 419 g/mol. The zero-order valence-electron chi connectivity index (χ0n) is 16.6. The van der Waals surface area contributed by atoms with Crippen LogP contribution in [0.5, 0.6) is 5.75 Å². The number of hydrogen-bond acceptors (Lipinski definition) is 6. The fourth-order valence-corrected chi connectivity index (χ4v) is 4.15. The number of nitrogens with zero attached hydrogens (tertiary/aromatic N) is 3. The van der Waals surface area contributed by atoms with Gasteiger partial charge in [0.05, 0.1) is 17.9 Å². The number of benzene rings is 2. The van der Waals surface area contributed by atoms with Gasteiger partial charge in [0.25, 0.3) is 0 Å². The highest BCUT2D eigenvalue weighted by atomic mass is 19.1. The molecule has 4 bridgehead atoms. The normalized spacial score (nSPS) is 17.1. The van der Waals surface area contributed by atoms with Gasteiger partial charge in [-0.1, -0.05) is 6.07 Å². The summed E-state index contributed by atoms with van der Waals surface area (Å²) in [5.41, 5.74) is 3.28. The summed E-state index contributed by atoms with van der Waals surface area (Å²) in [4.78, 5) is 9.35. The van der Waals surface area contributed by atoms with Crippen molar-refractivity contribution in [1.29, 1.82) is 5.26 Å². The number of rotatable bonds is 1. The van der Waals surface area contributed by atoms with Gasteiger partial charge in [0.2, 0.25) is 5.95 Å². The van der Waals surface area contributed by atoms with Crippen LogP contribution >= 0.6 is 0 Å². The zero-order valence-corrected chi connectivity index (χ0v) is 16.6. The highest BCUT2D eigenvalue weighted by Gasteiger charge is 2.31. The predicted molar refractivity (Wildman–Crippen MR) is 112 cm³/mol. The Morgan fingerprint density at radius 2 is 2.03 bits per heavy atom. The molecule has 8 heteroatoms. The smallest absolute Gasteiger partial charge is 0.229 e. The van der Waals surface area contributed by atoms with Crippen molar-refractivity contribution in [2.45, 2.75) is 25.2 Å². The Hall–Kier alpha value is -3.73. The largest absolute Gasteiger partial charge is 0.492 e. The van der Waals surface area contributed by atoms with Gasteiger partial charge in [-0.2, -0.15) is 10.2 Å². The fourth-order valence-electron chi connectivity index (χ4n) is 4.15. The fraction of sp³-hybridized carbons (Fsp3) is 0.261. The third kappa shape index (κ3) is 3.63. The van der Waals surface area contributed by atoms with Crippen LogP contribution in [0.25, 0.3) is 0 Å². The summed E-state index contributed by atoms with van der Waals surface area (Å²) in [6, 6.07) is 11.0. The molecule has 2 aliphatic rings. The van der Waals surface area contributed by atoms with Crippen molar-refractivity contribution in [1.82, 2.24) is 9.97 Å². The third-order valence-corrected chi connectivity index (χ3v) is 5.62. The standard InChI is InChI=1S/C23H19F2N5O/c24-14-3-5-16(19(25)10-14)17-6-7-18-21(17)29-23-28-15-4-2-13(12-26)20(11-15)31-9-1-8-27-22(18)30-23/h2-5,10-11,17H,1,6-9H2,(H2,27,28,29,30). The number of nitriles is 1. The third-order valence-electron chi connectivity index (χ3n) is 5.62. The number of fused-ring (bicyclic) bond motifs is 6. The molecule has 1 unspecified atom stereocenters. The number of ether oxygens (including phenoxy) is 1. The van der Waals surface area contributed by atoms with Gasteiger partial charge in [-0.05, 0) is 43.0 Å². The molecule has 2 aromatic carbocycles. The lowest BCUT2D eigenvalue weighted by atomic mass is 9.96. The summed E-state index contributed by atoms with van der Waals surface area (Å²) in [6.07, 6.45) is 2.10. The van der Waals surface area contributed by atoms with E-state index in [4.69, 9.17) is 9.72 Å². The van der Waals surface area contributed by atoms with Gasteiger partial charge >= 0.3 is 0 Å². The van der Waals surface area contributed by atoms with Crippen molar-refractivity contribution in [3.63, 3.8) is 0 Å². The van der Waals surface area contributed by atoms with Gasteiger partial charge in [-0.3, -0.25) is 0 Å². The van der Waals surface area contributed by atoms with Crippen LogP contribution in [-0.2, 0) is 6.42 Å². The van der Waals surface area contributed by atoms with Crippen molar-refractivity contribution in [2.75, 3.05) is 23.8 Å². The van der Waals surface area contributed by atoms with E-state index in [-0.39, 0.29) is 5.92 Å². The first-order valence-electron chi connectivity index (χ1n) is 10.2. The van der Waals surface area contributed by atoms with Crippen LogP contribution in [0.4, 0.5) is 26.2 Å². The lowest BCUT2D eigenvalue weighted by molar-refractivity contribution is 0.314. The first kappa shape index (κ1) is 19.2. The summed E-state index contributed by atoms with van der Waals surface area (Å²) in [5, 5.41) is 15.8. The Balaban J connectivity index is 1.58. The quantitative estimate of drug-likeness (QED) is 0.598. The molecule has 1 atom stereocenters. The maximum absolute atomic E-state index is 14.5. The molecule has 3 aromatic rings. The molecular weight excluding hydrogens is 400 g/mol. The van der Waals surface area contributed by atoms with Gasteiger partial charge in [0, 0.05) is 35.8 Å². The number of anilines is 3. The van der Waals surface area contributed by atoms with E-state index in [1.54, 1.807) is 18.2 Å². The molecule has 0 spiro atoms. The van der Waals surface area contributed by atoms with E-state index >= 15 is 0 Å². The lowest BCUT2D eigenvalue weighted by Gasteiger charge is -2.18. The number of hydrogen-bond donors (Lipinski definition) is 2. The molecule has 0 radical (unpaired) electrons. The Kier molecular flexibility index (Phi) is 4.86. The van der Waals surface area contributed by atoms with Crippen molar-refractivity contribution in [3.8, 4) is 11.8 Å². The van der Waals surface area contributed by atoms with Gasteiger partial charge in [-0.15, -0.1) is 0 Å². The second-order valence-electron chi connectivity index (χ2n) is 7.59. The second kappa shape index (κ2) is 7.84. The summed E-state index contributed by atoms with van der Waals surface area (Å²) in [6.45, 7) is 1.08. The minimum atomic E-state index is -0.597. The van der Waals surface area contributed by atoms with E-state index in [1.165, 1.54) is 12.1 Å². The molecule has 156 valence electrons. The second-order valence-corrected chi connectivity index (χ2v) is 7.59. The summed E-state index contributed by atoms with van der Waals surface area (Å²) in [7, 11) is 0. The number of halogens is 2. The summed E-state index contributed by atoms with van der Waals surface area (Å²) in [5.74, 6) is 0.149. The van der Waals surface area contributed by atoms with Crippen LogP contribution in [-0.4, -0.2) is 23.1 Å². The molecular formula is C23H19F2N5O. The highest BCUT2D eigenvalue weighted by Crippen LogP contribution is 2.41. The molecule has 31 heavy (non-hydrogen) atoms. The molecule has 0 saturated carbocycles. The summed E-state index contributed by atoms with van der Waals surface area (Å²) >= 11 is 0. The Morgan fingerprint density at radius 1 is 1.13 bits per heavy atom.